The first-order valence-electron chi connectivity index (χ1n) is 50.6. The van der Waals surface area contributed by atoms with Crippen LogP contribution in [0.5, 0.6) is 0 Å². The summed E-state index contributed by atoms with van der Waals surface area (Å²) in [6, 6.07) is 154. The zero-order chi connectivity index (χ0) is 99.5. The monoisotopic (exact) mass is 1910 g/mol. The first-order chi connectivity index (χ1) is 73.1. The van der Waals surface area contributed by atoms with Crippen LogP contribution in [0.1, 0.15) is 74.9 Å². The number of aromatic nitrogens is 9. The quantitative estimate of drug-likeness (QED) is 0.113. The molecule has 0 aliphatic heterocycles. The molecule has 0 spiro atoms. The molecule has 7 aromatic heterocycles. The third kappa shape index (κ3) is 14.7. The largest absolute Gasteiger partial charge is 0.456 e. The van der Waals surface area contributed by atoms with Crippen molar-refractivity contribution in [2.75, 3.05) is 0 Å². The van der Waals surface area contributed by atoms with Crippen LogP contribution in [-0.4, -0.2) is 44.9 Å². The maximum atomic E-state index is 6.46. The summed E-state index contributed by atoms with van der Waals surface area (Å²) >= 11 is 0. The third-order valence-corrected chi connectivity index (χ3v) is 30.5. The molecule has 0 unspecified atom stereocenters. The summed E-state index contributed by atoms with van der Waals surface area (Å²) in [4.78, 5) is 44.9. The molecule has 13 heteroatoms. The lowest BCUT2D eigenvalue weighted by atomic mass is 9.77. The Labute approximate surface area is 858 Å². The highest BCUT2D eigenvalue weighted by Crippen LogP contribution is 2.59. The van der Waals surface area contributed by atoms with E-state index in [9.17, 15) is 0 Å². The van der Waals surface area contributed by atoms with E-state index >= 15 is 0 Å². The molecule has 3 aliphatic rings. The van der Waals surface area contributed by atoms with Crippen LogP contribution in [0, 0.1) is 0 Å². The Balaban J connectivity index is 0.000000108. The fourth-order valence-electron chi connectivity index (χ4n) is 23.5. The van der Waals surface area contributed by atoms with Gasteiger partial charge < -0.3 is 17.7 Å². The van der Waals surface area contributed by atoms with Crippen LogP contribution in [0.4, 0.5) is 0 Å². The van der Waals surface area contributed by atoms with Crippen LogP contribution in [0.3, 0.4) is 0 Å². The Morgan fingerprint density at radius 3 is 0.946 bits per heavy atom. The fourth-order valence-corrected chi connectivity index (χ4v) is 23.5. The standard InChI is InChI=1S/C48H31N3O2.C46H31N3O.C42H29N3O/c1-48(2)42-31(16-10-17-33(42)34-26-27-40-41(43(34)48)36-15-7-9-21-39(36)52-40)28-22-24-30(25-23-28)46-49-45(29-12-4-3-5-13-29)50-47(51-46)37-19-11-18-35-32-14-6-8-20-38(32)53-44(35)37;1-46(2)38-18-9-8-17-35(38)36-22-24-40-41(42(36)46)37-27-32(21-23-39(37)50-40)31-15-10-16-33(26-31)44-47-43(29-12-4-3-5-13-29)48-45(49-44)34-20-19-28-11-6-7-14-30(28)25-34;1-42(2)34-19-10-9-18-31(34)32-21-23-36-37(38(32)42)33-25-29(20-22-35(33)46-36)28-16-11-17-30(24-28)41-44-39(26-12-5-3-6-13-26)43-40(45-41)27-14-7-4-8-15-27/h3-27H,1-2H3;3-27H,1-2H3;3-25H,1-2H3. The van der Waals surface area contributed by atoms with E-state index in [0.29, 0.717) is 52.4 Å². The van der Waals surface area contributed by atoms with E-state index in [1.807, 2.05) is 158 Å². The minimum atomic E-state index is -0.253. The molecule has 3 aliphatic carbocycles. The van der Waals surface area contributed by atoms with Crippen LogP contribution < -0.4 is 0 Å². The minimum Gasteiger partial charge on any atom is -0.456 e. The molecule has 0 amide bonds. The van der Waals surface area contributed by atoms with E-state index in [1.165, 1.54) is 93.9 Å². The summed E-state index contributed by atoms with van der Waals surface area (Å²) in [6.45, 7) is 14.0. The van der Waals surface area contributed by atoms with Gasteiger partial charge in [-0.1, -0.05) is 406 Å². The zero-order valence-electron chi connectivity index (χ0n) is 82.3. The van der Waals surface area contributed by atoms with Gasteiger partial charge in [-0.3, -0.25) is 0 Å². The van der Waals surface area contributed by atoms with E-state index < -0.39 is 0 Å². The Hall–Kier alpha value is -19.1. The number of fused-ring (bicyclic) bond motifs is 25. The van der Waals surface area contributed by atoms with Gasteiger partial charge in [0.1, 0.15) is 44.7 Å². The van der Waals surface area contributed by atoms with Gasteiger partial charge in [-0.05, 0) is 190 Å². The molecule has 0 atom stereocenters. The van der Waals surface area contributed by atoms with E-state index in [4.69, 9.17) is 62.5 Å². The summed E-state index contributed by atoms with van der Waals surface area (Å²) in [5.74, 6) is 5.66. The van der Waals surface area contributed by atoms with Gasteiger partial charge in [0.2, 0.25) is 0 Å². The molecule has 0 saturated carbocycles. The highest BCUT2D eigenvalue weighted by atomic mass is 16.3. The molecule has 20 aromatic carbocycles. The lowest BCUT2D eigenvalue weighted by Gasteiger charge is -2.25. The third-order valence-electron chi connectivity index (χ3n) is 30.5. The zero-order valence-corrected chi connectivity index (χ0v) is 82.3. The van der Waals surface area contributed by atoms with Crippen LogP contribution >= 0.6 is 0 Å². The maximum absolute atomic E-state index is 6.46. The van der Waals surface area contributed by atoms with Crippen molar-refractivity contribution in [1.29, 1.82) is 0 Å². The predicted octanol–water partition coefficient (Wildman–Crippen LogP) is 35.3. The van der Waals surface area contributed by atoms with Crippen LogP contribution in [0.15, 0.2) is 461 Å². The van der Waals surface area contributed by atoms with Crippen LogP contribution in [0.2, 0.25) is 0 Å². The molecule has 0 N–H and O–H groups in total. The molecule has 7 heterocycles. The molecule has 149 heavy (non-hydrogen) atoms. The number of rotatable bonds is 12. The molecular weight excluding hydrogens is 1820 g/mol. The average Bonchev–Trinajstić information content (AvgIpc) is 1.53. The number of hydrogen-bond acceptors (Lipinski definition) is 13. The van der Waals surface area contributed by atoms with Gasteiger partial charge in [-0.25, -0.2) is 44.9 Å². The summed E-state index contributed by atoms with van der Waals surface area (Å²) in [6.07, 6.45) is 0. The SMILES string of the molecule is CC1(C)c2c(-c3ccc(-c4nc(-c5ccccc5)nc(-c5cccc6c5oc5ccccc56)n4)cc3)cccc2-c2ccc3oc4ccccc4c3c21.CC1(C)c2ccccc2-c2ccc3oc4ccc(-c5cccc(-c6nc(-c7ccccc7)nc(-c7ccc8ccccc8c7)n6)c5)cc4c3c21.CC1(C)c2ccccc2-c2ccc3oc4ccc(-c5cccc(-c6nc(-c7ccccc7)nc(-c7ccccc7)n6)c5)cc4c3c21. The van der Waals surface area contributed by atoms with Gasteiger partial charge in [-0.15, -0.1) is 0 Å². The van der Waals surface area contributed by atoms with Crippen LogP contribution in [-0.2, 0) is 16.2 Å². The molecule has 27 aromatic rings. The molecule has 0 bridgehead atoms. The smallest absolute Gasteiger partial charge is 0.167 e. The van der Waals surface area contributed by atoms with Crippen molar-refractivity contribution >= 4 is 98.5 Å². The Bertz CT molecular complexity index is 10100. The first-order valence-corrected chi connectivity index (χ1v) is 50.6. The van der Waals surface area contributed by atoms with Crippen molar-refractivity contribution in [3.63, 3.8) is 0 Å². The highest BCUT2D eigenvalue weighted by molar-refractivity contribution is 6.16. The van der Waals surface area contributed by atoms with Crippen molar-refractivity contribution in [2.45, 2.75) is 57.8 Å². The number of furan rings is 4. The topological polar surface area (TPSA) is 169 Å². The lowest BCUT2D eigenvalue weighted by molar-refractivity contribution is 0.657. The predicted molar refractivity (Wildman–Crippen MR) is 604 cm³/mol. The Morgan fingerprint density at radius 1 is 0.154 bits per heavy atom. The van der Waals surface area contributed by atoms with E-state index in [2.05, 4.69) is 327 Å². The summed E-state index contributed by atoms with van der Waals surface area (Å²) in [5.41, 5.74) is 37.4. The van der Waals surface area contributed by atoms with E-state index in [0.717, 1.165) is 155 Å². The Kier molecular flexibility index (Phi) is 20.3. The second kappa shape index (κ2) is 34.6. The van der Waals surface area contributed by atoms with Gasteiger partial charge in [-0.2, -0.15) is 0 Å². The molecule has 0 radical (unpaired) electrons. The first kappa shape index (κ1) is 87.7. The van der Waals surface area contributed by atoms with Crippen molar-refractivity contribution in [2.24, 2.45) is 0 Å². The van der Waals surface area contributed by atoms with Crippen molar-refractivity contribution in [3.05, 3.63) is 476 Å². The lowest BCUT2D eigenvalue weighted by Crippen LogP contribution is -2.16. The number of nitrogens with zero attached hydrogens (tertiary/aromatic N) is 9. The molecule has 0 saturated heterocycles. The highest BCUT2D eigenvalue weighted by Gasteiger charge is 2.43. The van der Waals surface area contributed by atoms with Gasteiger partial charge >= 0.3 is 0 Å². The molecule has 704 valence electrons. The van der Waals surface area contributed by atoms with Crippen molar-refractivity contribution in [3.8, 4) is 169 Å². The van der Waals surface area contributed by atoms with Gasteiger partial charge in [0.05, 0.1) is 5.56 Å². The van der Waals surface area contributed by atoms with Gasteiger partial charge in [0.15, 0.2) is 52.4 Å². The van der Waals surface area contributed by atoms with Gasteiger partial charge in [0.25, 0.3) is 0 Å². The molecule has 13 nitrogen and oxygen atoms in total. The summed E-state index contributed by atoms with van der Waals surface area (Å²) in [5, 5.41) is 11.5. The van der Waals surface area contributed by atoms with E-state index in [1.54, 1.807) is 0 Å². The van der Waals surface area contributed by atoms with Crippen LogP contribution in [0.25, 0.3) is 268 Å². The maximum Gasteiger partial charge on any atom is 0.167 e. The second-order valence-corrected chi connectivity index (χ2v) is 40.5. The minimum absolute atomic E-state index is 0.135. The summed E-state index contributed by atoms with van der Waals surface area (Å²) in [7, 11) is 0. The fraction of sp³-hybridized carbons (Fsp3) is 0.0662. The Morgan fingerprint density at radius 2 is 0.450 bits per heavy atom. The summed E-state index contributed by atoms with van der Waals surface area (Å²) < 4.78 is 25.6. The van der Waals surface area contributed by atoms with E-state index in [-0.39, 0.29) is 16.2 Å². The molecular formula is C136H91N9O4. The number of hydrogen-bond donors (Lipinski definition) is 0. The van der Waals surface area contributed by atoms with Crippen molar-refractivity contribution in [1.82, 2.24) is 44.9 Å². The van der Waals surface area contributed by atoms with Crippen molar-refractivity contribution < 1.29 is 17.7 Å². The number of para-hydroxylation sites is 3. The molecule has 0 fully saturated rings. The number of benzene rings is 20. The average molecular weight is 1920 g/mol. The second-order valence-electron chi connectivity index (χ2n) is 40.5. The normalized spacial score (nSPS) is 13.2. The van der Waals surface area contributed by atoms with Gasteiger partial charge in [0, 0.05) is 104 Å². The molecule has 30 rings (SSSR count).